The monoisotopic (exact) mass is 429 g/mol. The maximum Gasteiger partial charge on any atom is 0.215 e. The van der Waals surface area contributed by atoms with E-state index in [0.29, 0.717) is 0 Å². The molecule has 1 aliphatic heterocycles. The molecule has 1 heterocycles. The Morgan fingerprint density at radius 1 is 0.571 bits per heavy atom. The lowest BCUT2D eigenvalue weighted by atomic mass is 9.13. The summed E-state index contributed by atoms with van der Waals surface area (Å²) in [5, 5.41) is 0. The van der Waals surface area contributed by atoms with Crippen LogP contribution in [0, 0.1) is 0 Å². The molecule has 0 radical (unpaired) electrons. The number of hydrogen-bond donors (Lipinski definition) is 1. The van der Waals surface area contributed by atoms with Gasteiger partial charge < -0.3 is 15.2 Å². The van der Waals surface area contributed by atoms with Gasteiger partial charge in [0.25, 0.3) is 0 Å². The van der Waals surface area contributed by atoms with E-state index in [9.17, 15) is 0 Å². The molecule has 6 aliphatic carbocycles. The highest BCUT2D eigenvalue weighted by Crippen LogP contribution is 3.14. The molecule has 116 valence electrons. The van der Waals surface area contributed by atoms with Crippen LogP contribution in [0.15, 0.2) is 0 Å². The molecule has 0 amide bonds. The molecule has 21 heavy (non-hydrogen) atoms. The van der Waals surface area contributed by atoms with E-state index in [1.54, 1.807) is 0 Å². The average molecular weight is 432 g/mol. The molecule has 1 saturated heterocycles. The predicted molar refractivity (Wildman–Crippen MR) is 81.6 cm³/mol. The molecule has 7 aliphatic rings. The van der Waals surface area contributed by atoms with Gasteiger partial charge in [-0.15, -0.1) is 81.2 Å². The van der Waals surface area contributed by atoms with Crippen LogP contribution in [0.25, 0.3) is 0 Å². The van der Waals surface area contributed by atoms with E-state index in [1.165, 1.54) is 0 Å². The highest BCUT2D eigenvalue weighted by molar-refractivity contribution is 6.72. The summed E-state index contributed by atoms with van der Waals surface area (Å²) in [6, 6.07) is 0. The van der Waals surface area contributed by atoms with Crippen LogP contribution in [0.2, 0.25) is 0 Å². The molecule has 4 atom stereocenters. The molecular weight excluding hydrogens is 426 g/mol. The molecule has 2 bridgehead atoms. The van der Waals surface area contributed by atoms with Crippen molar-refractivity contribution in [3.63, 3.8) is 0 Å². The van der Waals surface area contributed by atoms with Crippen LogP contribution in [0.1, 0.15) is 0 Å². The zero-order valence-corrected chi connectivity index (χ0v) is 15.2. The molecular formula is C11H6Cl7NO2. The summed E-state index contributed by atoms with van der Waals surface area (Å²) in [5.74, 6) is -1.51. The van der Waals surface area contributed by atoms with E-state index in [-0.39, 0.29) is 13.2 Å². The lowest BCUT2D eigenvalue weighted by molar-refractivity contribution is -0.284. The van der Waals surface area contributed by atoms with Crippen LogP contribution in [0.3, 0.4) is 0 Å². The van der Waals surface area contributed by atoms with Crippen LogP contribution in [0.4, 0.5) is 0 Å². The first-order chi connectivity index (χ1) is 9.46. The molecule has 0 aromatic carbocycles. The van der Waals surface area contributed by atoms with Crippen molar-refractivity contribution in [3.05, 3.63) is 0 Å². The zero-order chi connectivity index (χ0) is 15.3. The minimum atomic E-state index is -1.51. The first kappa shape index (κ1) is 14.1. The Balaban J connectivity index is 1.82. The van der Waals surface area contributed by atoms with Crippen molar-refractivity contribution in [2.75, 3.05) is 13.2 Å². The Bertz CT molecular complexity index is 612. The van der Waals surface area contributed by atoms with Gasteiger partial charge in [-0.3, -0.25) is 0 Å². The van der Waals surface area contributed by atoms with Gasteiger partial charge in [-0.05, 0) is 0 Å². The van der Waals surface area contributed by atoms with Crippen molar-refractivity contribution in [2.45, 2.75) is 45.4 Å². The summed E-state index contributed by atoms with van der Waals surface area (Å²) in [5.41, 5.74) is 5.20. The van der Waals surface area contributed by atoms with Gasteiger partial charge in [-0.25, -0.2) is 0 Å². The summed E-state index contributed by atoms with van der Waals surface area (Å²) in [7, 11) is 0. The molecule has 2 N–H and O–H groups in total. The Morgan fingerprint density at radius 3 is 1.33 bits per heavy atom. The van der Waals surface area contributed by atoms with E-state index in [2.05, 4.69) is 0 Å². The van der Waals surface area contributed by atoms with Crippen molar-refractivity contribution in [3.8, 4) is 0 Å². The molecule has 0 aromatic rings. The summed E-state index contributed by atoms with van der Waals surface area (Å²) < 4.78 is 11.6. The standard InChI is InChI=1S/C11H6Cl7NO2/c12-3-5(14)4(13)7(16)9(18,6(3,15)10(5,7)19)11(8(3,4)17)20-1-2-21-11/h1-2,19H2/t3-,4-,5?,6+,7+,8?,9?,10?/m1/s1. The number of halogens is 7. The summed E-state index contributed by atoms with van der Waals surface area (Å²) in [6.07, 6.45) is 0. The first-order valence-electron chi connectivity index (χ1n) is 6.35. The fraction of sp³-hybridized carbons (Fsp3) is 1.00. The van der Waals surface area contributed by atoms with Crippen molar-refractivity contribution < 1.29 is 9.47 Å². The maximum absolute atomic E-state index is 6.90. The van der Waals surface area contributed by atoms with Crippen LogP contribution < -0.4 is 5.73 Å². The first-order valence-corrected chi connectivity index (χ1v) is 8.99. The lowest BCUT2D eigenvalue weighted by Gasteiger charge is -3.04. The fourth-order valence-corrected chi connectivity index (χ4v) is 13.2. The van der Waals surface area contributed by atoms with E-state index in [1.807, 2.05) is 0 Å². The van der Waals surface area contributed by atoms with Gasteiger partial charge in [0.2, 0.25) is 5.79 Å². The molecule has 6 saturated carbocycles. The van der Waals surface area contributed by atoms with E-state index in [0.717, 1.165) is 0 Å². The normalized spacial score (nSPS) is 83.4. The third-order valence-electron chi connectivity index (χ3n) is 7.03. The van der Waals surface area contributed by atoms with E-state index >= 15 is 0 Å². The van der Waals surface area contributed by atoms with Gasteiger partial charge in [-0.1, -0.05) is 0 Å². The molecule has 0 aromatic heterocycles. The number of rotatable bonds is 0. The largest absolute Gasteiger partial charge is 0.344 e. The number of nitrogens with two attached hydrogens (primary N) is 1. The smallest absolute Gasteiger partial charge is 0.215 e. The molecule has 7 fully saturated rings. The van der Waals surface area contributed by atoms with E-state index < -0.39 is 45.4 Å². The Hall–Kier alpha value is 1.91. The highest BCUT2D eigenvalue weighted by Gasteiger charge is 3.37. The average Bonchev–Trinajstić information content (AvgIpc) is 2.99. The van der Waals surface area contributed by atoms with Gasteiger partial charge in [-0.2, -0.15) is 0 Å². The summed E-state index contributed by atoms with van der Waals surface area (Å²) in [6.45, 7) is 0.575. The maximum atomic E-state index is 6.90. The van der Waals surface area contributed by atoms with Crippen molar-refractivity contribution in [1.82, 2.24) is 0 Å². The second-order valence-corrected chi connectivity index (χ2v) is 10.7. The third-order valence-corrected chi connectivity index (χ3v) is 13.7. The Kier molecular flexibility index (Phi) is 1.79. The lowest BCUT2D eigenvalue weighted by Crippen LogP contribution is -3.30. The number of ether oxygens (including phenoxy) is 2. The number of hydrogen-bond acceptors (Lipinski definition) is 3. The van der Waals surface area contributed by atoms with Crippen molar-refractivity contribution >= 4 is 81.2 Å². The SMILES string of the molecule is NC12C3(Cl)[C@]4(Cl)C5(Cl)C6(OCCO6)C(Cl)([C@]14Cl)[C@@]2(Cl)[C@@]53Cl. The third kappa shape index (κ3) is 0.531. The topological polar surface area (TPSA) is 44.5 Å². The zero-order valence-electron chi connectivity index (χ0n) is 9.95. The van der Waals surface area contributed by atoms with Gasteiger partial charge in [0, 0.05) is 0 Å². The van der Waals surface area contributed by atoms with Crippen LogP contribution in [-0.4, -0.2) is 58.7 Å². The fourth-order valence-electron chi connectivity index (χ4n) is 6.66. The second-order valence-electron chi connectivity index (χ2n) is 6.73. The van der Waals surface area contributed by atoms with Crippen LogP contribution in [0.5, 0.6) is 0 Å². The van der Waals surface area contributed by atoms with Gasteiger partial charge >= 0.3 is 0 Å². The molecule has 3 nitrogen and oxygen atoms in total. The highest BCUT2D eigenvalue weighted by atomic mass is 35.5. The van der Waals surface area contributed by atoms with Crippen molar-refractivity contribution in [1.29, 1.82) is 0 Å². The Morgan fingerprint density at radius 2 is 0.905 bits per heavy atom. The minimum absolute atomic E-state index is 0.287. The summed E-state index contributed by atoms with van der Waals surface area (Å²) >= 11 is 47.7. The van der Waals surface area contributed by atoms with Crippen LogP contribution in [-0.2, 0) is 9.47 Å². The van der Waals surface area contributed by atoms with Gasteiger partial charge in [0.15, 0.2) is 0 Å². The molecule has 0 unspecified atom stereocenters. The van der Waals surface area contributed by atoms with Crippen molar-refractivity contribution in [2.24, 2.45) is 5.73 Å². The van der Waals surface area contributed by atoms with Gasteiger partial charge in [0.1, 0.15) is 34.1 Å². The molecule has 7 rings (SSSR count). The second kappa shape index (κ2) is 2.67. The molecule has 1 spiro atoms. The summed E-state index contributed by atoms with van der Waals surface area (Å²) in [4.78, 5) is -9.61. The predicted octanol–water partition coefficient (Wildman–Crippen LogP) is 2.34. The minimum Gasteiger partial charge on any atom is -0.344 e. The van der Waals surface area contributed by atoms with E-state index in [4.69, 9.17) is 96.4 Å². The van der Waals surface area contributed by atoms with Gasteiger partial charge in [0.05, 0.1) is 18.8 Å². The van der Waals surface area contributed by atoms with Crippen LogP contribution >= 0.6 is 81.2 Å². The Labute approximate surface area is 154 Å². The number of alkyl halides is 7. The molecule has 10 heteroatoms. The quantitative estimate of drug-likeness (QED) is 0.598.